The molecule has 0 aliphatic carbocycles. The van der Waals surface area contributed by atoms with Gasteiger partial charge in [0.1, 0.15) is 5.75 Å². The summed E-state index contributed by atoms with van der Waals surface area (Å²) in [5.74, 6) is -0.927. The van der Waals surface area contributed by atoms with Gasteiger partial charge in [-0.25, -0.2) is 9.78 Å². The highest BCUT2D eigenvalue weighted by Crippen LogP contribution is 2.34. The van der Waals surface area contributed by atoms with E-state index in [4.69, 9.17) is 9.47 Å². The Hall–Kier alpha value is -3.44. The lowest BCUT2D eigenvalue weighted by molar-refractivity contribution is -0.384. The Morgan fingerprint density at radius 1 is 1.25 bits per heavy atom. The zero-order valence-electron chi connectivity index (χ0n) is 17.2. The van der Waals surface area contributed by atoms with Crippen LogP contribution in [0.25, 0.3) is 0 Å². The van der Waals surface area contributed by atoms with E-state index in [9.17, 15) is 19.7 Å². The summed E-state index contributed by atoms with van der Waals surface area (Å²) in [4.78, 5) is 40.3. The number of anilines is 1. The van der Waals surface area contributed by atoms with E-state index in [2.05, 4.69) is 10.3 Å². The van der Waals surface area contributed by atoms with Crippen LogP contribution in [-0.2, 0) is 9.53 Å². The first kappa shape index (κ1) is 23.2. The van der Waals surface area contributed by atoms with Crippen molar-refractivity contribution >= 4 is 46.3 Å². The van der Waals surface area contributed by atoms with Gasteiger partial charge in [0.25, 0.3) is 11.6 Å². The fourth-order valence-electron chi connectivity index (χ4n) is 2.60. The topological polar surface area (TPSA) is 121 Å². The third-order valence-corrected chi connectivity index (χ3v) is 6.12. The molecule has 0 saturated carbocycles. The predicted molar refractivity (Wildman–Crippen MR) is 121 cm³/mol. The van der Waals surface area contributed by atoms with Gasteiger partial charge in [0.05, 0.1) is 22.8 Å². The summed E-state index contributed by atoms with van der Waals surface area (Å²) >= 11 is 2.58. The number of nitrogens with one attached hydrogen (secondary N) is 1. The van der Waals surface area contributed by atoms with Crippen LogP contribution < -0.4 is 10.1 Å². The molecular weight excluding hydrogens is 454 g/mol. The fraction of sp³-hybridized carbons (Fsp3) is 0.190. The number of esters is 1. The number of carbonyl (C=O) groups is 2. The highest BCUT2D eigenvalue weighted by atomic mass is 32.2. The Bertz CT molecular complexity index is 1150. The van der Waals surface area contributed by atoms with Crippen molar-refractivity contribution in [3.05, 3.63) is 69.2 Å². The largest absolute Gasteiger partial charge is 0.492 e. The summed E-state index contributed by atoms with van der Waals surface area (Å²) < 4.78 is 11.3. The molecule has 0 saturated heterocycles. The van der Waals surface area contributed by atoms with Crippen molar-refractivity contribution < 1.29 is 24.0 Å². The van der Waals surface area contributed by atoms with Crippen LogP contribution in [0.4, 0.5) is 11.4 Å². The molecule has 1 aromatic heterocycles. The Morgan fingerprint density at radius 2 is 2.03 bits per heavy atom. The summed E-state index contributed by atoms with van der Waals surface area (Å²) in [6.45, 7) is 3.52. The number of aromatic nitrogens is 1. The maximum Gasteiger partial charge on any atom is 0.340 e. The predicted octanol–water partition coefficient (Wildman–Crippen LogP) is 4.71. The van der Waals surface area contributed by atoms with Crippen molar-refractivity contribution in [2.75, 3.05) is 18.5 Å². The molecule has 0 aliphatic rings. The van der Waals surface area contributed by atoms with Crippen molar-refractivity contribution in [3.8, 4) is 5.75 Å². The first-order valence-corrected chi connectivity index (χ1v) is 11.1. The quantitative estimate of drug-likeness (QED) is 0.270. The SMILES string of the molecule is CCOc1ccccc1NC(=O)COC(=O)c1cc([N+](=O)[O-])ccc1Sc1nc(C)cs1. The van der Waals surface area contributed by atoms with Crippen LogP contribution in [0, 0.1) is 17.0 Å². The number of amides is 1. The number of non-ortho nitro benzene ring substituents is 1. The first-order chi connectivity index (χ1) is 15.4. The van der Waals surface area contributed by atoms with Crippen molar-refractivity contribution in [1.82, 2.24) is 4.98 Å². The van der Waals surface area contributed by atoms with Crippen LogP contribution in [0.1, 0.15) is 23.0 Å². The second-order valence-electron chi connectivity index (χ2n) is 6.35. The minimum absolute atomic E-state index is 0.0143. The maximum absolute atomic E-state index is 12.7. The third kappa shape index (κ3) is 6.05. The Balaban J connectivity index is 1.72. The molecule has 0 aliphatic heterocycles. The summed E-state index contributed by atoms with van der Waals surface area (Å²) in [5.41, 5.74) is 1.000. The lowest BCUT2D eigenvalue weighted by Gasteiger charge is -2.12. The number of benzene rings is 2. The van der Waals surface area contributed by atoms with E-state index in [0.717, 1.165) is 11.8 Å². The molecule has 1 heterocycles. The van der Waals surface area contributed by atoms with Gasteiger partial charge in [-0.15, -0.1) is 11.3 Å². The van der Waals surface area contributed by atoms with Crippen LogP contribution in [0.15, 0.2) is 57.1 Å². The van der Waals surface area contributed by atoms with E-state index in [1.54, 1.807) is 24.3 Å². The van der Waals surface area contributed by atoms with Crippen molar-refractivity contribution in [2.45, 2.75) is 23.1 Å². The number of para-hydroxylation sites is 2. The smallest absolute Gasteiger partial charge is 0.340 e. The van der Waals surface area contributed by atoms with Crippen LogP contribution in [0.3, 0.4) is 0 Å². The highest BCUT2D eigenvalue weighted by Gasteiger charge is 2.21. The molecule has 1 amide bonds. The summed E-state index contributed by atoms with van der Waals surface area (Å²) in [5, 5.41) is 15.6. The maximum atomic E-state index is 12.7. The van der Waals surface area contributed by atoms with Crippen LogP contribution in [0.2, 0.25) is 0 Å². The van der Waals surface area contributed by atoms with Gasteiger partial charge in [0, 0.05) is 28.1 Å². The van der Waals surface area contributed by atoms with E-state index in [-0.39, 0.29) is 11.3 Å². The lowest BCUT2D eigenvalue weighted by atomic mass is 10.2. The third-order valence-electron chi connectivity index (χ3n) is 3.98. The molecule has 0 spiro atoms. The van der Waals surface area contributed by atoms with Gasteiger partial charge in [0.2, 0.25) is 0 Å². The average Bonchev–Trinajstić information content (AvgIpc) is 3.18. The first-order valence-electron chi connectivity index (χ1n) is 9.44. The molecule has 9 nitrogen and oxygen atoms in total. The van der Waals surface area contributed by atoms with Gasteiger partial charge in [-0.3, -0.25) is 14.9 Å². The van der Waals surface area contributed by atoms with Gasteiger partial charge in [-0.05, 0) is 32.0 Å². The summed E-state index contributed by atoms with van der Waals surface area (Å²) in [7, 11) is 0. The molecule has 2 aromatic carbocycles. The summed E-state index contributed by atoms with van der Waals surface area (Å²) in [6, 6.07) is 10.8. The molecule has 0 radical (unpaired) electrons. The zero-order valence-corrected chi connectivity index (χ0v) is 18.8. The number of nitrogens with zero attached hydrogens (tertiary/aromatic N) is 2. The van der Waals surface area contributed by atoms with Gasteiger partial charge in [-0.2, -0.15) is 0 Å². The molecule has 166 valence electrons. The standard InChI is InChI=1S/C21H19N3O6S2/c1-3-29-17-7-5-4-6-16(17)23-19(25)11-30-20(26)15-10-14(24(27)28)8-9-18(15)32-21-22-13(2)12-31-21/h4-10,12H,3,11H2,1-2H3,(H,23,25). The number of hydrogen-bond acceptors (Lipinski definition) is 9. The normalized spacial score (nSPS) is 10.4. The van der Waals surface area contributed by atoms with E-state index >= 15 is 0 Å². The second-order valence-corrected chi connectivity index (χ2v) is 8.50. The van der Waals surface area contributed by atoms with Gasteiger partial charge in [0.15, 0.2) is 10.9 Å². The lowest BCUT2D eigenvalue weighted by Crippen LogP contribution is -2.21. The monoisotopic (exact) mass is 473 g/mol. The van der Waals surface area contributed by atoms with Crippen molar-refractivity contribution in [3.63, 3.8) is 0 Å². The highest BCUT2D eigenvalue weighted by molar-refractivity contribution is 8.01. The minimum Gasteiger partial charge on any atom is -0.492 e. The molecule has 1 N–H and O–H groups in total. The number of rotatable bonds is 9. The van der Waals surface area contributed by atoms with Gasteiger partial charge < -0.3 is 14.8 Å². The molecule has 0 fully saturated rings. The minimum atomic E-state index is -0.849. The number of carbonyl (C=O) groups excluding carboxylic acids is 2. The fourth-order valence-corrected chi connectivity index (χ4v) is 4.49. The number of thiazole rings is 1. The molecule has 0 unspecified atom stereocenters. The van der Waals surface area contributed by atoms with Crippen molar-refractivity contribution in [1.29, 1.82) is 0 Å². The van der Waals surface area contributed by atoms with Gasteiger partial charge >= 0.3 is 5.97 Å². The summed E-state index contributed by atoms with van der Waals surface area (Å²) in [6.07, 6.45) is 0. The molecular formula is C21H19N3O6S2. The van der Waals surface area contributed by atoms with E-state index in [1.165, 1.54) is 35.2 Å². The number of ether oxygens (including phenoxy) is 2. The van der Waals surface area contributed by atoms with E-state index in [1.807, 2.05) is 19.2 Å². The molecule has 0 bridgehead atoms. The van der Waals surface area contributed by atoms with E-state index < -0.39 is 23.4 Å². The van der Waals surface area contributed by atoms with Crippen LogP contribution >= 0.6 is 23.1 Å². The average molecular weight is 474 g/mol. The molecule has 3 aromatic rings. The van der Waals surface area contributed by atoms with E-state index in [0.29, 0.717) is 27.3 Å². The number of aryl methyl sites for hydroxylation is 1. The molecule has 0 atom stereocenters. The Kier molecular flexibility index (Phi) is 7.79. The Morgan fingerprint density at radius 3 is 2.72 bits per heavy atom. The molecule has 3 rings (SSSR count). The molecule has 11 heteroatoms. The zero-order chi connectivity index (χ0) is 23.1. The number of hydrogen-bond donors (Lipinski definition) is 1. The molecule has 32 heavy (non-hydrogen) atoms. The van der Waals surface area contributed by atoms with Crippen LogP contribution in [0.5, 0.6) is 5.75 Å². The van der Waals surface area contributed by atoms with Crippen LogP contribution in [-0.4, -0.2) is 35.0 Å². The second kappa shape index (κ2) is 10.7. The van der Waals surface area contributed by atoms with Crippen molar-refractivity contribution in [2.24, 2.45) is 0 Å². The Labute approximate surface area is 191 Å². The number of nitro benzene ring substituents is 1. The van der Waals surface area contributed by atoms with Gasteiger partial charge in [-0.1, -0.05) is 23.9 Å². The number of nitro groups is 1.